The number of carbonyl (C=O) groups is 2. The number of likely N-dealkylation sites (tertiary alicyclic amines) is 1. The Hall–Kier alpha value is -2.08. The molecule has 0 radical (unpaired) electrons. The lowest BCUT2D eigenvalue weighted by molar-refractivity contribution is -0.145. The number of aliphatic carboxylic acids is 1. The molecule has 2 rings (SSSR count). The first-order chi connectivity index (χ1) is 9.63. The molecule has 0 bridgehead atoms. The van der Waals surface area contributed by atoms with Crippen molar-refractivity contribution in [2.24, 2.45) is 0 Å². The van der Waals surface area contributed by atoms with Crippen LogP contribution in [0, 0.1) is 0 Å². The van der Waals surface area contributed by atoms with Crippen LogP contribution in [0.2, 0.25) is 0 Å². The summed E-state index contributed by atoms with van der Waals surface area (Å²) in [5.74, 6) is -1.08. The van der Waals surface area contributed by atoms with E-state index in [2.05, 4.69) is 0 Å². The van der Waals surface area contributed by atoms with Crippen LogP contribution >= 0.6 is 0 Å². The molecular weight excluding hydrogens is 262 g/mol. The molecule has 2 atom stereocenters. The molecule has 6 heteroatoms. The standard InChI is InChI=1S/C14H17NO5/c1-19-11-7-8-15(12(11)13(16)17)14(18)20-9-10-5-3-2-4-6-10/h2-6,11-12H,7-9H2,1H3,(H,16,17)/t11-,12-/m1/s1. The van der Waals surface area contributed by atoms with Crippen molar-refractivity contribution in [1.29, 1.82) is 0 Å². The Morgan fingerprint density at radius 1 is 1.35 bits per heavy atom. The number of benzene rings is 1. The quantitative estimate of drug-likeness (QED) is 0.903. The van der Waals surface area contributed by atoms with Gasteiger partial charge in [0, 0.05) is 13.7 Å². The second-order valence-electron chi connectivity index (χ2n) is 4.58. The lowest BCUT2D eigenvalue weighted by atomic mass is 10.2. The molecule has 0 unspecified atom stereocenters. The molecule has 1 aliphatic rings. The van der Waals surface area contributed by atoms with Crippen LogP contribution in [0.5, 0.6) is 0 Å². The number of amides is 1. The Morgan fingerprint density at radius 2 is 2.05 bits per heavy atom. The van der Waals surface area contributed by atoms with Gasteiger partial charge in [-0.3, -0.25) is 4.90 Å². The molecular formula is C14H17NO5. The van der Waals surface area contributed by atoms with Gasteiger partial charge in [-0.05, 0) is 12.0 Å². The van der Waals surface area contributed by atoms with E-state index in [1.54, 1.807) is 0 Å². The summed E-state index contributed by atoms with van der Waals surface area (Å²) in [5, 5.41) is 9.19. The highest BCUT2D eigenvalue weighted by atomic mass is 16.6. The van der Waals surface area contributed by atoms with Crippen LogP contribution in [0.15, 0.2) is 30.3 Å². The van der Waals surface area contributed by atoms with Gasteiger partial charge in [-0.1, -0.05) is 30.3 Å². The number of carboxylic acids is 1. The lowest BCUT2D eigenvalue weighted by Gasteiger charge is -2.23. The summed E-state index contributed by atoms with van der Waals surface area (Å²) < 4.78 is 10.3. The molecule has 1 aromatic carbocycles. The average molecular weight is 279 g/mol. The van der Waals surface area contributed by atoms with E-state index < -0.39 is 24.2 Å². The summed E-state index contributed by atoms with van der Waals surface area (Å²) >= 11 is 0. The van der Waals surface area contributed by atoms with Crippen LogP contribution in [-0.2, 0) is 20.9 Å². The molecule has 108 valence electrons. The van der Waals surface area contributed by atoms with Crippen molar-refractivity contribution < 1.29 is 24.2 Å². The topological polar surface area (TPSA) is 76.1 Å². The Bertz CT molecular complexity index is 476. The van der Waals surface area contributed by atoms with Crippen LogP contribution in [0.3, 0.4) is 0 Å². The molecule has 6 nitrogen and oxygen atoms in total. The van der Waals surface area contributed by atoms with Gasteiger partial charge in [0.25, 0.3) is 0 Å². The Balaban J connectivity index is 1.96. The van der Waals surface area contributed by atoms with E-state index >= 15 is 0 Å². The predicted molar refractivity (Wildman–Crippen MR) is 70.2 cm³/mol. The van der Waals surface area contributed by atoms with Crippen LogP contribution < -0.4 is 0 Å². The van der Waals surface area contributed by atoms with Gasteiger partial charge >= 0.3 is 12.1 Å². The molecule has 0 spiro atoms. The number of hydrogen-bond acceptors (Lipinski definition) is 4. The van der Waals surface area contributed by atoms with E-state index in [4.69, 9.17) is 9.47 Å². The first kappa shape index (κ1) is 14.3. The van der Waals surface area contributed by atoms with Gasteiger partial charge in [-0.25, -0.2) is 9.59 Å². The smallest absolute Gasteiger partial charge is 0.410 e. The van der Waals surface area contributed by atoms with Crippen molar-refractivity contribution >= 4 is 12.1 Å². The number of hydrogen-bond donors (Lipinski definition) is 1. The zero-order valence-electron chi connectivity index (χ0n) is 11.2. The average Bonchev–Trinajstić information content (AvgIpc) is 2.90. The van der Waals surface area contributed by atoms with Crippen molar-refractivity contribution in [2.75, 3.05) is 13.7 Å². The third kappa shape index (κ3) is 3.08. The van der Waals surface area contributed by atoms with Gasteiger partial charge in [0.1, 0.15) is 6.61 Å². The zero-order valence-corrected chi connectivity index (χ0v) is 11.2. The van der Waals surface area contributed by atoms with Crippen molar-refractivity contribution in [3.63, 3.8) is 0 Å². The maximum Gasteiger partial charge on any atom is 0.410 e. The van der Waals surface area contributed by atoms with Gasteiger partial charge in [-0.15, -0.1) is 0 Å². The number of methoxy groups -OCH3 is 1. The highest BCUT2D eigenvalue weighted by molar-refractivity contribution is 5.81. The highest BCUT2D eigenvalue weighted by Gasteiger charge is 2.43. The fourth-order valence-electron chi connectivity index (χ4n) is 2.31. The Kier molecular flexibility index (Phi) is 4.57. The Labute approximate surface area is 116 Å². The number of carboxylic acid groups (broad SMARTS) is 1. The van der Waals surface area contributed by atoms with E-state index in [0.29, 0.717) is 13.0 Å². The maximum absolute atomic E-state index is 12.0. The molecule has 0 aliphatic carbocycles. The largest absolute Gasteiger partial charge is 0.480 e. The first-order valence-electron chi connectivity index (χ1n) is 6.36. The van der Waals surface area contributed by atoms with Crippen molar-refractivity contribution in [3.05, 3.63) is 35.9 Å². The normalized spacial score (nSPS) is 21.8. The predicted octanol–water partition coefficient (Wildman–Crippen LogP) is 1.50. The molecule has 1 fully saturated rings. The molecule has 1 aliphatic heterocycles. The Morgan fingerprint density at radius 3 is 2.65 bits per heavy atom. The highest BCUT2D eigenvalue weighted by Crippen LogP contribution is 2.22. The minimum absolute atomic E-state index is 0.125. The summed E-state index contributed by atoms with van der Waals surface area (Å²) in [7, 11) is 1.44. The molecule has 1 saturated heterocycles. The van der Waals surface area contributed by atoms with Crippen LogP contribution in [-0.4, -0.2) is 47.9 Å². The third-order valence-corrected chi connectivity index (χ3v) is 3.34. The third-order valence-electron chi connectivity index (χ3n) is 3.34. The molecule has 1 aromatic rings. The number of ether oxygens (including phenoxy) is 2. The van der Waals surface area contributed by atoms with Crippen molar-refractivity contribution in [2.45, 2.75) is 25.2 Å². The van der Waals surface area contributed by atoms with Gasteiger partial charge in [0.2, 0.25) is 0 Å². The number of rotatable bonds is 4. The van der Waals surface area contributed by atoms with Crippen LogP contribution in [0.4, 0.5) is 4.79 Å². The summed E-state index contributed by atoms with van der Waals surface area (Å²) in [6, 6.07) is 8.26. The molecule has 1 N–H and O–H groups in total. The lowest BCUT2D eigenvalue weighted by Crippen LogP contribution is -2.45. The number of nitrogens with zero attached hydrogens (tertiary/aromatic N) is 1. The minimum Gasteiger partial charge on any atom is -0.480 e. The van der Waals surface area contributed by atoms with Crippen molar-refractivity contribution in [3.8, 4) is 0 Å². The monoisotopic (exact) mass is 279 g/mol. The second kappa shape index (κ2) is 6.38. The first-order valence-corrected chi connectivity index (χ1v) is 6.36. The van der Waals surface area contributed by atoms with Gasteiger partial charge in [0.15, 0.2) is 6.04 Å². The molecule has 0 aromatic heterocycles. The van der Waals surface area contributed by atoms with E-state index in [9.17, 15) is 14.7 Å². The van der Waals surface area contributed by atoms with E-state index in [-0.39, 0.29) is 6.61 Å². The van der Waals surface area contributed by atoms with Crippen LogP contribution in [0.25, 0.3) is 0 Å². The second-order valence-corrected chi connectivity index (χ2v) is 4.58. The minimum atomic E-state index is -1.08. The maximum atomic E-state index is 12.0. The van der Waals surface area contributed by atoms with Crippen molar-refractivity contribution in [1.82, 2.24) is 4.90 Å². The molecule has 1 heterocycles. The molecule has 0 saturated carbocycles. The summed E-state index contributed by atoms with van der Waals surface area (Å²) in [6.45, 7) is 0.448. The van der Waals surface area contributed by atoms with Gasteiger partial charge in [-0.2, -0.15) is 0 Å². The number of carbonyl (C=O) groups excluding carboxylic acids is 1. The van der Waals surface area contributed by atoms with Gasteiger partial charge in [0.05, 0.1) is 6.10 Å². The fourth-order valence-corrected chi connectivity index (χ4v) is 2.31. The zero-order chi connectivity index (χ0) is 14.5. The summed E-state index contributed by atoms with van der Waals surface area (Å²) in [6.07, 6.45) is -0.619. The SMILES string of the molecule is CO[C@@H]1CCN(C(=O)OCc2ccccc2)[C@H]1C(=O)O. The van der Waals surface area contributed by atoms with E-state index in [1.165, 1.54) is 12.0 Å². The molecule has 20 heavy (non-hydrogen) atoms. The van der Waals surface area contributed by atoms with E-state index in [0.717, 1.165) is 5.56 Å². The summed E-state index contributed by atoms with van der Waals surface area (Å²) in [5.41, 5.74) is 0.857. The van der Waals surface area contributed by atoms with Gasteiger partial charge < -0.3 is 14.6 Å². The molecule has 1 amide bonds. The summed E-state index contributed by atoms with van der Waals surface area (Å²) in [4.78, 5) is 24.4. The van der Waals surface area contributed by atoms with E-state index in [1.807, 2.05) is 30.3 Å². The van der Waals surface area contributed by atoms with Crippen LogP contribution in [0.1, 0.15) is 12.0 Å². The fraction of sp³-hybridized carbons (Fsp3) is 0.429.